The van der Waals surface area contributed by atoms with Crippen molar-refractivity contribution in [2.45, 2.75) is 31.3 Å². The van der Waals surface area contributed by atoms with Crippen molar-refractivity contribution < 1.29 is 5.11 Å². The minimum absolute atomic E-state index is 0.536. The van der Waals surface area contributed by atoms with Crippen LogP contribution in [0.3, 0.4) is 0 Å². The predicted molar refractivity (Wildman–Crippen MR) is 83.0 cm³/mol. The number of hydrogen-bond donors (Lipinski definition) is 2. The summed E-state index contributed by atoms with van der Waals surface area (Å²) in [5.74, 6) is 0.578. The highest BCUT2D eigenvalue weighted by Gasteiger charge is 2.25. The highest BCUT2D eigenvalue weighted by Crippen LogP contribution is 2.41. The molecule has 1 fully saturated rings. The van der Waals surface area contributed by atoms with Gasteiger partial charge in [-0.25, -0.2) is 0 Å². The van der Waals surface area contributed by atoms with E-state index in [1.165, 1.54) is 24.8 Å². The zero-order valence-electron chi connectivity index (χ0n) is 11.2. The summed E-state index contributed by atoms with van der Waals surface area (Å²) in [6, 6.07) is 13.4. The van der Waals surface area contributed by atoms with E-state index in [-0.39, 0.29) is 0 Å². The van der Waals surface area contributed by atoms with Gasteiger partial charge >= 0.3 is 0 Å². The number of nitrogen functional groups attached to an aromatic ring is 1. The van der Waals surface area contributed by atoms with Crippen LogP contribution in [-0.4, -0.2) is 5.11 Å². The first-order valence-electron chi connectivity index (χ1n) is 6.98. The number of halogens is 1. The van der Waals surface area contributed by atoms with Gasteiger partial charge in [0.2, 0.25) is 0 Å². The van der Waals surface area contributed by atoms with Gasteiger partial charge in [0, 0.05) is 16.3 Å². The van der Waals surface area contributed by atoms with E-state index in [1.54, 1.807) is 18.2 Å². The molecule has 0 aromatic heterocycles. The number of benzene rings is 2. The molecule has 0 spiro atoms. The third-order valence-corrected chi connectivity index (χ3v) is 4.41. The Balaban J connectivity index is 1.99. The fraction of sp³-hybridized carbons (Fsp3) is 0.294. The van der Waals surface area contributed by atoms with Crippen molar-refractivity contribution >= 4 is 17.3 Å². The van der Waals surface area contributed by atoms with Crippen molar-refractivity contribution in [1.29, 1.82) is 0 Å². The molecule has 20 heavy (non-hydrogen) atoms. The minimum Gasteiger partial charge on any atom is -0.398 e. The van der Waals surface area contributed by atoms with E-state index in [2.05, 4.69) is 6.07 Å². The van der Waals surface area contributed by atoms with Gasteiger partial charge < -0.3 is 10.8 Å². The van der Waals surface area contributed by atoms with Crippen LogP contribution < -0.4 is 5.73 Å². The van der Waals surface area contributed by atoms with Gasteiger partial charge in [0.1, 0.15) is 6.10 Å². The molecular weight excluding hydrogens is 270 g/mol. The summed E-state index contributed by atoms with van der Waals surface area (Å²) in [4.78, 5) is 0. The third kappa shape index (κ3) is 2.41. The van der Waals surface area contributed by atoms with Crippen LogP contribution in [0.15, 0.2) is 42.5 Å². The van der Waals surface area contributed by atoms with Crippen LogP contribution >= 0.6 is 11.6 Å². The molecule has 1 aliphatic rings. The van der Waals surface area contributed by atoms with Crippen molar-refractivity contribution in [3.63, 3.8) is 0 Å². The van der Waals surface area contributed by atoms with Gasteiger partial charge in [-0.2, -0.15) is 0 Å². The maximum Gasteiger partial charge on any atom is 0.106 e. The van der Waals surface area contributed by atoms with E-state index in [4.69, 9.17) is 17.3 Å². The highest BCUT2D eigenvalue weighted by molar-refractivity contribution is 6.30. The first kappa shape index (κ1) is 13.5. The second-order valence-electron chi connectivity index (χ2n) is 5.43. The van der Waals surface area contributed by atoms with Gasteiger partial charge in [-0.05, 0) is 42.0 Å². The largest absolute Gasteiger partial charge is 0.398 e. The van der Waals surface area contributed by atoms with Crippen molar-refractivity contribution in [1.82, 2.24) is 0 Å². The quantitative estimate of drug-likeness (QED) is 0.828. The zero-order chi connectivity index (χ0) is 14.1. The molecule has 0 heterocycles. The number of rotatable bonds is 3. The van der Waals surface area contributed by atoms with Crippen molar-refractivity contribution in [2.75, 3.05) is 5.73 Å². The molecular formula is C17H18ClNO. The SMILES string of the molecule is Nc1cc(Cl)ccc1C(O)c1ccccc1C1CCC1. The summed E-state index contributed by atoms with van der Waals surface area (Å²) in [5, 5.41) is 11.3. The molecule has 1 atom stereocenters. The van der Waals surface area contributed by atoms with E-state index in [9.17, 15) is 5.11 Å². The van der Waals surface area contributed by atoms with Crippen molar-refractivity contribution in [2.24, 2.45) is 0 Å². The lowest BCUT2D eigenvalue weighted by Gasteiger charge is -2.29. The minimum atomic E-state index is -0.691. The Bertz CT molecular complexity index is 622. The Morgan fingerprint density at radius 3 is 2.50 bits per heavy atom. The van der Waals surface area contributed by atoms with Gasteiger partial charge in [0.05, 0.1) is 0 Å². The lowest BCUT2D eigenvalue weighted by molar-refractivity contribution is 0.218. The molecule has 0 bridgehead atoms. The Morgan fingerprint density at radius 1 is 1.10 bits per heavy atom. The Morgan fingerprint density at radius 2 is 1.85 bits per heavy atom. The molecule has 2 aromatic carbocycles. The molecule has 3 rings (SSSR count). The van der Waals surface area contributed by atoms with Crippen LogP contribution in [0.4, 0.5) is 5.69 Å². The summed E-state index contributed by atoms with van der Waals surface area (Å²) in [5.41, 5.74) is 9.46. The predicted octanol–water partition coefficient (Wildman–Crippen LogP) is 4.27. The first-order chi connectivity index (χ1) is 9.66. The first-order valence-corrected chi connectivity index (χ1v) is 7.36. The van der Waals surface area contributed by atoms with E-state index in [1.807, 2.05) is 18.2 Å². The van der Waals surface area contributed by atoms with Crippen LogP contribution in [0.1, 0.15) is 48.0 Å². The van der Waals surface area contributed by atoms with Crippen LogP contribution in [0, 0.1) is 0 Å². The normalized spacial score (nSPS) is 16.7. The smallest absolute Gasteiger partial charge is 0.106 e. The standard InChI is InChI=1S/C17H18ClNO/c18-12-8-9-15(16(19)10-12)17(20)14-7-2-1-6-13(14)11-4-3-5-11/h1-2,6-11,17,20H,3-5,19H2. The van der Waals surface area contributed by atoms with Gasteiger partial charge in [-0.3, -0.25) is 0 Å². The zero-order valence-corrected chi connectivity index (χ0v) is 12.0. The second-order valence-corrected chi connectivity index (χ2v) is 5.87. The monoisotopic (exact) mass is 287 g/mol. The van der Waals surface area contributed by atoms with Gasteiger partial charge in [-0.1, -0.05) is 48.4 Å². The molecule has 1 aliphatic carbocycles. The Labute approximate surface area is 124 Å². The molecule has 2 aromatic rings. The average Bonchev–Trinajstić information content (AvgIpc) is 2.37. The molecule has 0 radical (unpaired) electrons. The number of nitrogens with two attached hydrogens (primary N) is 1. The van der Waals surface area contributed by atoms with Crippen LogP contribution in [-0.2, 0) is 0 Å². The summed E-state index contributed by atoms with van der Waals surface area (Å²) in [6.07, 6.45) is 3.00. The van der Waals surface area contributed by atoms with E-state index >= 15 is 0 Å². The fourth-order valence-corrected chi connectivity index (χ4v) is 2.99. The van der Waals surface area contributed by atoms with Crippen LogP contribution in [0.5, 0.6) is 0 Å². The van der Waals surface area contributed by atoms with E-state index in [0.29, 0.717) is 16.6 Å². The molecule has 2 nitrogen and oxygen atoms in total. The Kier molecular flexibility index (Phi) is 3.68. The summed E-state index contributed by atoms with van der Waals surface area (Å²) >= 11 is 5.92. The molecule has 1 unspecified atom stereocenters. The van der Waals surface area contributed by atoms with Crippen molar-refractivity contribution in [3.05, 3.63) is 64.2 Å². The van der Waals surface area contributed by atoms with Gasteiger partial charge in [0.25, 0.3) is 0 Å². The average molecular weight is 288 g/mol. The summed E-state index contributed by atoms with van der Waals surface area (Å²) in [6.45, 7) is 0. The summed E-state index contributed by atoms with van der Waals surface area (Å²) < 4.78 is 0. The highest BCUT2D eigenvalue weighted by atomic mass is 35.5. The summed E-state index contributed by atoms with van der Waals surface area (Å²) in [7, 11) is 0. The van der Waals surface area contributed by atoms with Gasteiger partial charge in [0.15, 0.2) is 0 Å². The molecule has 104 valence electrons. The van der Waals surface area contributed by atoms with Gasteiger partial charge in [-0.15, -0.1) is 0 Å². The van der Waals surface area contributed by atoms with E-state index < -0.39 is 6.10 Å². The maximum atomic E-state index is 10.7. The molecule has 0 saturated heterocycles. The fourth-order valence-electron chi connectivity index (χ4n) is 2.81. The van der Waals surface area contributed by atoms with Crippen LogP contribution in [0.2, 0.25) is 5.02 Å². The number of anilines is 1. The van der Waals surface area contributed by atoms with E-state index in [0.717, 1.165) is 11.1 Å². The molecule has 1 saturated carbocycles. The number of aliphatic hydroxyl groups excluding tert-OH is 1. The Hall–Kier alpha value is -1.51. The molecule has 3 N–H and O–H groups in total. The lowest BCUT2D eigenvalue weighted by atomic mass is 9.77. The molecule has 0 aliphatic heterocycles. The number of hydrogen-bond acceptors (Lipinski definition) is 2. The second kappa shape index (κ2) is 5.47. The maximum absolute atomic E-state index is 10.7. The number of aliphatic hydroxyl groups is 1. The third-order valence-electron chi connectivity index (χ3n) is 4.18. The van der Waals surface area contributed by atoms with Crippen molar-refractivity contribution in [3.8, 4) is 0 Å². The molecule has 3 heteroatoms. The lowest BCUT2D eigenvalue weighted by Crippen LogP contribution is -2.14. The molecule has 0 amide bonds. The topological polar surface area (TPSA) is 46.2 Å². The van der Waals surface area contributed by atoms with Crippen LogP contribution in [0.25, 0.3) is 0 Å².